The minimum Gasteiger partial charge on any atom is -0.497 e. The quantitative estimate of drug-likeness (QED) is 0.394. The molecular formula is C24H23N3O3S. The molecule has 0 aliphatic carbocycles. The summed E-state index contributed by atoms with van der Waals surface area (Å²) < 4.78 is 12.0. The van der Waals surface area contributed by atoms with Gasteiger partial charge in [-0.2, -0.15) is 0 Å². The van der Waals surface area contributed by atoms with Crippen LogP contribution < -0.4 is 14.4 Å². The van der Waals surface area contributed by atoms with Crippen LogP contribution in [0.3, 0.4) is 0 Å². The number of fused-ring (bicyclic) bond motifs is 1. The van der Waals surface area contributed by atoms with Crippen LogP contribution in [0.2, 0.25) is 0 Å². The van der Waals surface area contributed by atoms with Gasteiger partial charge in [0, 0.05) is 18.0 Å². The molecule has 0 N–H and O–H groups in total. The molecule has 0 spiro atoms. The van der Waals surface area contributed by atoms with E-state index >= 15 is 0 Å². The van der Waals surface area contributed by atoms with Gasteiger partial charge in [-0.1, -0.05) is 17.4 Å². The first-order valence-electron chi connectivity index (χ1n) is 9.95. The summed E-state index contributed by atoms with van der Waals surface area (Å²) >= 11 is 1.46. The van der Waals surface area contributed by atoms with Crippen molar-refractivity contribution < 1.29 is 14.3 Å². The fourth-order valence-corrected chi connectivity index (χ4v) is 4.13. The Hall–Kier alpha value is -3.45. The number of hydrogen-bond donors (Lipinski definition) is 0. The lowest BCUT2D eigenvalue weighted by Gasteiger charge is -2.20. The number of carbonyl (C=O) groups is 1. The highest BCUT2D eigenvalue weighted by molar-refractivity contribution is 7.22. The van der Waals surface area contributed by atoms with Gasteiger partial charge in [-0.15, -0.1) is 0 Å². The summed E-state index contributed by atoms with van der Waals surface area (Å²) in [6.45, 7) is 4.31. The lowest BCUT2D eigenvalue weighted by molar-refractivity contribution is 0.0985. The molecule has 0 saturated heterocycles. The van der Waals surface area contributed by atoms with E-state index in [0.717, 1.165) is 27.3 Å². The van der Waals surface area contributed by atoms with Crippen molar-refractivity contribution in [3.05, 3.63) is 78.1 Å². The number of nitrogens with zero attached hydrogens (tertiary/aromatic N) is 3. The third-order valence-electron chi connectivity index (χ3n) is 4.60. The van der Waals surface area contributed by atoms with Gasteiger partial charge in [0.15, 0.2) is 5.13 Å². The second kappa shape index (κ2) is 9.14. The third-order valence-corrected chi connectivity index (χ3v) is 5.64. The van der Waals surface area contributed by atoms with Crippen molar-refractivity contribution in [2.75, 3.05) is 12.0 Å². The van der Waals surface area contributed by atoms with Gasteiger partial charge in [0.25, 0.3) is 5.91 Å². The molecule has 158 valence electrons. The second-order valence-corrected chi connectivity index (χ2v) is 8.28. The molecular weight excluding hydrogens is 410 g/mol. The second-order valence-electron chi connectivity index (χ2n) is 7.27. The molecule has 6 nitrogen and oxygen atoms in total. The van der Waals surface area contributed by atoms with Crippen molar-refractivity contribution in [3.8, 4) is 11.5 Å². The lowest BCUT2D eigenvalue weighted by Crippen LogP contribution is -2.30. The van der Waals surface area contributed by atoms with Crippen LogP contribution in [0.1, 0.15) is 29.8 Å². The Morgan fingerprint density at radius 3 is 2.55 bits per heavy atom. The van der Waals surface area contributed by atoms with Crippen molar-refractivity contribution in [2.24, 2.45) is 0 Å². The van der Waals surface area contributed by atoms with E-state index < -0.39 is 0 Å². The maximum Gasteiger partial charge on any atom is 0.260 e. The van der Waals surface area contributed by atoms with Crippen LogP contribution in [0, 0.1) is 0 Å². The molecule has 1 amide bonds. The van der Waals surface area contributed by atoms with E-state index in [2.05, 4.69) is 4.98 Å². The zero-order chi connectivity index (χ0) is 21.8. The molecule has 0 atom stereocenters. The number of methoxy groups -OCH3 is 1. The first kappa shape index (κ1) is 20.8. The fraction of sp³-hybridized carbons (Fsp3) is 0.208. The summed E-state index contributed by atoms with van der Waals surface area (Å²) in [5.41, 5.74) is 2.31. The Morgan fingerprint density at radius 2 is 1.87 bits per heavy atom. The van der Waals surface area contributed by atoms with Crippen LogP contribution >= 0.6 is 11.3 Å². The molecule has 0 bridgehead atoms. The number of aromatic nitrogens is 2. The smallest absolute Gasteiger partial charge is 0.260 e. The number of benzene rings is 2. The highest BCUT2D eigenvalue weighted by atomic mass is 32.1. The maximum atomic E-state index is 13.5. The predicted octanol–water partition coefficient (Wildman–Crippen LogP) is 5.33. The standard InChI is InChI=1S/C24H23N3O3S/c1-16(2)30-19-8-6-18(7-9-19)23(28)27(15-17-5-4-12-25-14-17)24-26-21-11-10-20(29-3)13-22(21)31-24/h4-14,16H,15H2,1-3H3. The van der Waals surface area contributed by atoms with Gasteiger partial charge in [0.2, 0.25) is 0 Å². The SMILES string of the molecule is COc1ccc2nc(N(Cc3cccnc3)C(=O)c3ccc(OC(C)C)cc3)sc2c1. The number of hydrogen-bond acceptors (Lipinski definition) is 6. The average molecular weight is 434 g/mol. The highest BCUT2D eigenvalue weighted by Gasteiger charge is 2.22. The minimum absolute atomic E-state index is 0.0726. The van der Waals surface area contributed by atoms with Crippen molar-refractivity contribution >= 4 is 32.6 Å². The molecule has 4 aromatic rings. The molecule has 31 heavy (non-hydrogen) atoms. The molecule has 2 aromatic carbocycles. The van der Waals surface area contributed by atoms with Gasteiger partial charge in [-0.25, -0.2) is 4.98 Å². The van der Waals surface area contributed by atoms with Gasteiger partial charge >= 0.3 is 0 Å². The number of amides is 1. The van der Waals surface area contributed by atoms with Gasteiger partial charge in [0.05, 0.1) is 30.0 Å². The summed E-state index contributed by atoms with van der Waals surface area (Å²) in [5, 5.41) is 0.625. The number of pyridine rings is 1. The first-order chi connectivity index (χ1) is 15.0. The van der Waals surface area contributed by atoms with Crippen molar-refractivity contribution in [2.45, 2.75) is 26.5 Å². The Bertz CT molecular complexity index is 1170. The zero-order valence-corrected chi connectivity index (χ0v) is 18.4. The average Bonchev–Trinajstić information content (AvgIpc) is 3.20. The molecule has 0 saturated carbocycles. The number of carbonyl (C=O) groups excluding carboxylic acids is 1. The molecule has 7 heteroatoms. The molecule has 0 unspecified atom stereocenters. The molecule has 0 fully saturated rings. The maximum absolute atomic E-state index is 13.5. The minimum atomic E-state index is -0.133. The zero-order valence-electron chi connectivity index (χ0n) is 17.6. The van der Waals surface area contributed by atoms with Crippen LogP contribution in [0.5, 0.6) is 11.5 Å². The largest absolute Gasteiger partial charge is 0.497 e. The molecule has 2 heterocycles. The van der Waals surface area contributed by atoms with Crippen LogP contribution in [-0.4, -0.2) is 29.1 Å². The Balaban J connectivity index is 1.69. The Labute approximate surface area is 185 Å². The summed E-state index contributed by atoms with van der Waals surface area (Å²) in [6, 6.07) is 16.7. The van der Waals surface area contributed by atoms with Crippen LogP contribution in [-0.2, 0) is 6.54 Å². The number of thiazole rings is 1. The monoisotopic (exact) mass is 433 g/mol. The summed E-state index contributed by atoms with van der Waals surface area (Å²) in [4.78, 5) is 24.1. The van der Waals surface area contributed by atoms with E-state index in [0.29, 0.717) is 17.2 Å². The lowest BCUT2D eigenvalue weighted by atomic mass is 10.1. The highest BCUT2D eigenvalue weighted by Crippen LogP contribution is 2.33. The van der Waals surface area contributed by atoms with Gasteiger partial charge in [0.1, 0.15) is 11.5 Å². The van der Waals surface area contributed by atoms with Gasteiger partial charge in [-0.3, -0.25) is 14.7 Å². The molecule has 0 aliphatic heterocycles. The Kier molecular flexibility index (Phi) is 6.13. The Morgan fingerprint density at radius 1 is 1.10 bits per heavy atom. The van der Waals surface area contributed by atoms with E-state index in [4.69, 9.17) is 14.5 Å². The fourth-order valence-electron chi connectivity index (χ4n) is 3.14. The van der Waals surface area contributed by atoms with Gasteiger partial charge < -0.3 is 9.47 Å². The van der Waals surface area contributed by atoms with E-state index in [1.807, 2.05) is 56.3 Å². The number of rotatable bonds is 7. The third kappa shape index (κ3) is 4.83. The summed E-state index contributed by atoms with van der Waals surface area (Å²) in [5.74, 6) is 1.36. The summed E-state index contributed by atoms with van der Waals surface area (Å²) in [7, 11) is 1.63. The predicted molar refractivity (Wildman–Crippen MR) is 123 cm³/mol. The van der Waals surface area contributed by atoms with Crippen molar-refractivity contribution in [1.82, 2.24) is 9.97 Å². The first-order valence-corrected chi connectivity index (χ1v) is 10.8. The molecule has 4 rings (SSSR count). The van der Waals surface area contributed by atoms with E-state index in [9.17, 15) is 4.79 Å². The van der Waals surface area contributed by atoms with E-state index in [1.54, 1.807) is 36.5 Å². The normalized spacial score (nSPS) is 11.0. The topological polar surface area (TPSA) is 64.5 Å². The van der Waals surface area contributed by atoms with Crippen molar-refractivity contribution in [1.29, 1.82) is 0 Å². The van der Waals surface area contributed by atoms with Crippen molar-refractivity contribution in [3.63, 3.8) is 0 Å². The van der Waals surface area contributed by atoms with Crippen LogP contribution in [0.25, 0.3) is 10.2 Å². The van der Waals surface area contributed by atoms with E-state index in [-0.39, 0.29) is 12.0 Å². The van der Waals surface area contributed by atoms with Crippen LogP contribution in [0.4, 0.5) is 5.13 Å². The number of ether oxygens (including phenoxy) is 2. The van der Waals surface area contributed by atoms with Crippen LogP contribution in [0.15, 0.2) is 67.0 Å². The number of anilines is 1. The van der Waals surface area contributed by atoms with Gasteiger partial charge in [-0.05, 0) is 67.9 Å². The summed E-state index contributed by atoms with van der Waals surface area (Å²) in [6.07, 6.45) is 3.55. The molecule has 0 aliphatic rings. The van der Waals surface area contributed by atoms with E-state index in [1.165, 1.54) is 11.3 Å². The molecule has 0 radical (unpaired) electrons. The molecule has 2 aromatic heterocycles.